The summed E-state index contributed by atoms with van der Waals surface area (Å²) in [6.07, 6.45) is 8.52. The van der Waals surface area contributed by atoms with Crippen LogP contribution < -0.4 is 0 Å². The Bertz CT molecular complexity index is 968. The number of hydrogen-bond acceptors (Lipinski definition) is 5. The van der Waals surface area contributed by atoms with Gasteiger partial charge >= 0.3 is 5.97 Å². The van der Waals surface area contributed by atoms with E-state index in [1.54, 1.807) is 0 Å². The van der Waals surface area contributed by atoms with E-state index in [9.17, 15) is 15.2 Å². The summed E-state index contributed by atoms with van der Waals surface area (Å²) in [6, 6.07) is 14.4. The Hall–Kier alpha value is -2.42. The van der Waals surface area contributed by atoms with Crippen LogP contribution >= 0.6 is 11.3 Å². The molecule has 32 heavy (non-hydrogen) atoms. The molecule has 4 nitrogen and oxygen atoms in total. The molecule has 2 atom stereocenters. The van der Waals surface area contributed by atoms with Crippen LogP contribution in [0.15, 0.2) is 42.0 Å². The van der Waals surface area contributed by atoms with Crippen molar-refractivity contribution in [3.8, 4) is 6.07 Å². The van der Waals surface area contributed by atoms with Gasteiger partial charge in [-0.15, -0.1) is 11.3 Å². The Kier molecular flexibility index (Phi) is 9.08. The lowest BCUT2D eigenvalue weighted by atomic mass is 9.88. The maximum atomic E-state index is 11.6. The van der Waals surface area contributed by atoms with Crippen LogP contribution in [0.25, 0.3) is 5.57 Å². The lowest BCUT2D eigenvalue weighted by Gasteiger charge is -2.17. The van der Waals surface area contributed by atoms with Crippen LogP contribution in [0, 0.1) is 17.2 Å². The Morgan fingerprint density at radius 3 is 2.69 bits per heavy atom. The number of aliphatic hydroxyl groups excluding tert-OH is 1. The number of aliphatic hydroxyl groups is 1. The zero-order chi connectivity index (χ0) is 22.9. The van der Waals surface area contributed by atoms with Crippen molar-refractivity contribution in [1.29, 1.82) is 5.26 Å². The molecule has 170 valence electrons. The minimum Gasteiger partial charge on any atom is -0.465 e. The number of carbonyl (C=O) groups is 1. The van der Waals surface area contributed by atoms with Crippen molar-refractivity contribution < 1.29 is 14.6 Å². The van der Waals surface area contributed by atoms with Gasteiger partial charge in [0.05, 0.1) is 19.3 Å². The number of esters is 1. The van der Waals surface area contributed by atoms with E-state index in [1.807, 2.05) is 24.3 Å². The first-order valence-electron chi connectivity index (χ1n) is 11.7. The first-order valence-corrected chi connectivity index (χ1v) is 12.5. The second-order valence-electron chi connectivity index (χ2n) is 8.52. The zero-order valence-corrected chi connectivity index (χ0v) is 19.9. The number of carbonyl (C=O) groups excluding carboxylic acids is 1. The molecule has 0 unspecified atom stereocenters. The van der Waals surface area contributed by atoms with Crippen LogP contribution in [0.1, 0.15) is 90.1 Å². The van der Waals surface area contributed by atoms with E-state index < -0.39 is 6.10 Å². The molecule has 0 aliphatic heterocycles. The third-order valence-electron chi connectivity index (χ3n) is 6.32. The number of aryl methyl sites for hydroxylation is 1. The van der Waals surface area contributed by atoms with Crippen molar-refractivity contribution in [2.24, 2.45) is 5.92 Å². The summed E-state index contributed by atoms with van der Waals surface area (Å²) in [7, 11) is 1.40. The number of nitrogens with zero attached hydrogens (tertiary/aromatic N) is 1. The maximum Gasteiger partial charge on any atom is 0.348 e. The van der Waals surface area contributed by atoms with Crippen molar-refractivity contribution in [3.63, 3.8) is 0 Å². The molecule has 1 aliphatic rings. The fraction of sp³-hybridized carbons (Fsp3) is 0.481. The van der Waals surface area contributed by atoms with E-state index in [-0.39, 0.29) is 5.97 Å². The number of benzene rings is 1. The lowest BCUT2D eigenvalue weighted by molar-refractivity contribution is 0.0606. The molecule has 5 heteroatoms. The molecule has 0 saturated heterocycles. The zero-order valence-electron chi connectivity index (χ0n) is 19.1. The molecule has 1 heterocycles. The van der Waals surface area contributed by atoms with E-state index in [2.05, 4.69) is 25.1 Å². The van der Waals surface area contributed by atoms with Crippen molar-refractivity contribution in [1.82, 2.24) is 0 Å². The number of rotatable bonds is 11. The van der Waals surface area contributed by atoms with Crippen LogP contribution in [-0.4, -0.2) is 18.2 Å². The van der Waals surface area contributed by atoms with E-state index in [0.717, 1.165) is 74.5 Å². The summed E-state index contributed by atoms with van der Waals surface area (Å²) in [5, 5.41) is 20.1. The van der Waals surface area contributed by atoms with Crippen molar-refractivity contribution >= 4 is 22.9 Å². The Morgan fingerprint density at radius 2 is 2.00 bits per heavy atom. The summed E-state index contributed by atoms with van der Waals surface area (Å²) in [5.41, 5.74) is 4.14. The standard InChI is InChI=1S/C27H33NO3S/c1-3-4-5-9-24(29)19-10-12-21(13-11-19)26-20(14-15-22(26)18-28)7-6-8-23-16-17-25(32-23)27(30)31-2/h10-13,16-17,20,24,29H,3-9,14-15H2,1-2H3/t20-,24-/m0/s1. The van der Waals surface area contributed by atoms with Crippen LogP contribution in [0.3, 0.4) is 0 Å². The third kappa shape index (κ3) is 6.09. The van der Waals surface area contributed by atoms with Gasteiger partial charge in [0, 0.05) is 10.5 Å². The number of unbranched alkanes of at least 4 members (excludes halogenated alkanes) is 2. The number of thiophene rings is 1. The van der Waals surface area contributed by atoms with E-state index in [1.165, 1.54) is 28.9 Å². The monoisotopic (exact) mass is 451 g/mol. The highest BCUT2D eigenvalue weighted by Gasteiger charge is 2.26. The Balaban J connectivity index is 1.62. The van der Waals surface area contributed by atoms with Crippen LogP contribution in [0.2, 0.25) is 0 Å². The van der Waals surface area contributed by atoms with E-state index >= 15 is 0 Å². The smallest absolute Gasteiger partial charge is 0.348 e. The second kappa shape index (κ2) is 12.0. The SMILES string of the molecule is CCCCC[C@H](O)c1ccc(C2=C(C#N)CC[C@@H]2CCCc2ccc(C(=O)OC)s2)cc1. The number of allylic oxidation sites excluding steroid dienone is 2. The molecule has 1 aromatic heterocycles. The van der Waals surface area contributed by atoms with Crippen molar-refractivity contribution in [2.75, 3.05) is 7.11 Å². The quantitative estimate of drug-likeness (QED) is 0.299. The Morgan fingerprint density at radius 1 is 1.22 bits per heavy atom. The maximum absolute atomic E-state index is 11.6. The number of methoxy groups -OCH3 is 1. The van der Waals surface area contributed by atoms with Gasteiger partial charge in [-0.05, 0) is 73.3 Å². The van der Waals surface area contributed by atoms with E-state index in [0.29, 0.717) is 10.8 Å². The average molecular weight is 452 g/mol. The fourth-order valence-electron chi connectivity index (χ4n) is 4.54. The van der Waals surface area contributed by atoms with Gasteiger partial charge in [-0.2, -0.15) is 5.26 Å². The molecule has 1 aromatic carbocycles. The molecule has 0 bridgehead atoms. The fourth-order valence-corrected chi connectivity index (χ4v) is 5.51. The molecule has 0 radical (unpaired) electrons. The van der Waals surface area contributed by atoms with E-state index in [4.69, 9.17) is 4.74 Å². The summed E-state index contributed by atoms with van der Waals surface area (Å²) in [5.74, 6) is 0.102. The molecule has 0 amide bonds. The highest BCUT2D eigenvalue weighted by Crippen LogP contribution is 2.41. The van der Waals surface area contributed by atoms with Crippen molar-refractivity contribution in [2.45, 2.75) is 70.8 Å². The van der Waals surface area contributed by atoms with Gasteiger partial charge in [0.25, 0.3) is 0 Å². The molecule has 0 saturated carbocycles. The van der Waals surface area contributed by atoms with Gasteiger partial charge in [-0.1, -0.05) is 50.5 Å². The molecule has 3 rings (SSSR count). The third-order valence-corrected chi connectivity index (χ3v) is 7.45. The topological polar surface area (TPSA) is 70.3 Å². The van der Waals surface area contributed by atoms with Gasteiger partial charge in [0.1, 0.15) is 4.88 Å². The highest BCUT2D eigenvalue weighted by atomic mass is 32.1. The first-order chi connectivity index (χ1) is 15.6. The average Bonchev–Trinajstić information content (AvgIpc) is 3.46. The predicted molar refractivity (Wildman–Crippen MR) is 129 cm³/mol. The van der Waals surface area contributed by atoms with Gasteiger partial charge in [-0.3, -0.25) is 0 Å². The summed E-state index contributed by atoms with van der Waals surface area (Å²) in [4.78, 5) is 13.5. The second-order valence-corrected chi connectivity index (χ2v) is 9.69. The first kappa shape index (κ1) is 24.2. The van der Waals surface area contributed by atoms with Gasteiger partial charge in [-0.25, -0.2) is 4.79 Å². The van der Waals surface area contributed by atoms with Crippen LogP contribution in [0.4, 0.5) is 0 Å². The molecule has 2 aromatic rings. The largest absolute Gasteiger partial charge is 0.465 e. The molecule has 1 N–H and O–H groups in total. The normalized spacial score (nSPS) is 16.8. The molecule has 0 spiro atoms. The van der Waals surface area contributed by atoms with Gasteiger partial charge in [0.15, 0.2) is 0 Å². The number of nitriles is 1. The van der Waals surface area contributed by atoms with Crippen LogP contribution in [-0.2, 0) is 11.2 Å². The summed E-state index contributed by atoms with van der Waals surface area (Å²) in [6.45, 7) is 2.17. The predicted octanol–water partition coefficient (Wildman–Crippen LogP) is 6.86. The highest BCUT2D eigenvalue weighted by molar-refractivity contribution is 7.13. The number of hydrogen-bond donors (Lipinski definition) is 1. The van der Waals surface area contributed by atoms with Crippen LogP contribution in [0.5, 0.6) is 0 Å². The summed E-state index contributed by atoms with van der Waals surface area (Å²) >= 11 is 1.50. The molecule has 0 fully saturated rings. The Labute approximate surface area is 195 Å². The van der Waals surface area contributed by atoms with Crippen molar-refractivity contribution in [3.05, 3.63) is 62.9 Å². The minimum absolute atomic E-state index is 0.278. The van der Waals surface area contributed by atoms with Gasteiger partial charge in [0.2, 0.25) is 0 Å². The molecular weight excluding hydrogens is 418 g/mol. The molecule has 1 aliphatic carbocycles. The lowest BCUT2D eigenvalue weighted by Crippen LogP contribution is -2.02. The minimum atomic E-state index is -0.417. The molecular formula is C27H33NO3S. The summed E-state index contributed by atoms with van der Waals surface area (Å²) < 4.78 is 4.79. The number of ether oxygens (including phenoxy) is 1. The van der Waals surface area contributed by atoms with Gasteiger partial charge < -0.3 is 9.84 Å².